The molecule has 0 aliphatic heterocycles. The molecule has 2 aliphatic carbocycles. The van der Waals surface area contributed by atoms with E-state index in [-0.39, 0.29) is 21.8 Å². The molecule has 0 saturated heterocycles. The molecule has 2 amide bonds. The van der Waals surface area contributed by atoms with Crippen LogP contribution in [-0.2, 0) is 9.53 Å². The summed E-state index contributed by atoms with van der Waals surface area (Å²) in [5.41, 5.74) is -0.960. The Labute approximate surface area is 215 Å². The molecule has 196 valence electrons. The van der Waals surface area contributed by atoms with Crippen molar-refractivity contribution in [3.8, 4) is 0 Å². The van der Waals surface area contributed by atoms with Gasteiger partial charge in [0.25, 0.3) is 6.43 Å². The predicted molar refractivity (Wildman–Crippen MR) is 135 cm³/mol. The van der Waals surface area contributed by atoms with E-state index in [1.165, 1.54) is 25.1 Å². The number of ether oxygens (including phenoxy) is 1. The average Bonchev–Trinajstić information content (AvgIpc) is 2.80. The van der Waals surface area contributed by atoms with Crippen LogP contribution in [0.4, 0.5) is 19.4 Å². The minimum Gasteiger partial charge on any atom is -0.444 e. The Morgan fingerprint density at radius 3 is 2.06 bits per heavy atom. The Bertz CT molecular complexity index is 848. The van der Waals surface area contributed by atoms with Crippen molar-refractivity contribution >= 4 is 33.7 Å². The maximum atomic E-state index is 13.7. The molecule has 3 rings (SSSR count). The second-order valence-electron chi connectivity index (χ2n) is 10.9. The Balaban J connectivity index is 1.91. The zero-order valence-electron chi connectivity index (χ0n) is 20.9. The van der Waals surface area contributed by atoms with E-state index in [0.29, 0.717) is 11.8 Å². The van der Waals surface area contributed by atoms with E-state index in [2.05, 4.69) is 31.5 Å². The molecule has 6 nitrogen and oxygen atoms in total. The van der Waals surface area contributed by atoms with Gasteiger partial charge in [-0.05, 0) is 60.5 Å². The highest BCUT2D eigenvalue weighted by atomic mass is 79.9. The Kier molecular flexibility index (Phi) is 9.90. The molecule has 2 fully saturated rings. The van der Waals surface area contributed by atoms with Gasteiger partial charge in [0.1, 0.15) is 17.5 Å². The monoisotopic (exact) mass is 557 g/mol. The van der Waals surface area contributed by atoms with Crippen molar-refractivity contribution in [1.29, 1.82) is 0 Å². The summed E-state index contributed by atoms with van der Waals surface area (Å²) in [6.07, 6.45) is 8.80. The molecule has 0 unspecified atom stereocenters. The Hall–Kier alpha value is -1.77. The molecule has 0 spiro atoms. The van der Waals surface area contributed by atoms with E-state index in [4.69, 9.17) is 4.74 Å². The molecule has 2 saturated carbocycles. The van der Waals surface area contributed by atoms with Crippen LogP contribution in [0.5, 0.6) is 0 Å². The molecule has 0 bridgehead atoms. The van der Waals surface area contributed by atoms with E-state index in [1.807, 2.05) is 0 Å². The van der Waals surface area contributed by atoms with Gasteiger partial charge in [-0.3, -0.25) is 4.79 Å². The summed E-state index contributed by atoms with van der Waals surface area (Å²) in [4.78, 5) is 30.6. The van der Waals surface area contributed by atoms with E-state index >= 15 is 0 Å². The summed E-state index contributed by atoms with van der Waals surface area (Å²) in [6.45, 7) is 5.33. The minimum atomic E-state index is -2.71. The number of rotatable bonds is 7. The lowest BCUT2D eigenvalue weighted by molar-refractivity contribution is -0.121. The van der Waals surface area contributed by atoms with E-state index in [1.54, 1.807) is 20.8 Å². The predicted octanol–water partition coefficient (Wildman–Crippen LogP) is 7.39. The number of aromatic nitrogens is 1. The van der Waals surface area contributed by atoms with Gasteiger partial charge in [-0.1, -0.05) is 64.2 Å². The number of amides is 2. The third kappa shape index (κ3) is 8.12. The number of anilines is 1. The number of halogens is 3. The normalized spacial score (nSPS) is 19.0. The zero-order chi connectivity index (χ0) is 25.6. The number of carbonyl (C=O) groups is 2. The molecule has 1 atom stereocenters. The van der Waals surface area contributed by atoms with Gasteiger partial charge in [0.2, 0.25) is 5.91 Å². The van der Waals surface area contributed by atoms with E-state index in [0.717, 1.165) is 51.4 Å². The van der Waals surface area contributed by atoms with Crippen LogP contribution in [0.15, 0.2) is 16.7 Å². The first-order valence-corrected chi connectivity index (χ1v) is 13.6. The van der Waals surface area contributed by atoms with Crippen LogP contribution in [-0.4, -0.2) is 28.6 Å². The molecule has 9 heteroatoms. The lowest BCUT2D eigenvalue weighted by Gasteiger charge is -2.42. The summed E-state index contributed by atoms with van der Waals surface area (Å²) in [5.74, 6) is 0.176. The third-order valence-electron chi connectivity index (χ3n) is 7.10. The zero-order valence-corrected chi connectivity index (χ0v) is 22.5. The molecule has 2 N–H and O–H groups in total. The molecule has 2 aliphatic rings. The Morgan fingerprint density at radius 1 is 1.03 bits per heavy atom. The lowest BCUT2D eigenvalue weighted by atomic mass is 9.66. The van der Waals surface area contributed by atoms with Crippen molar-refractivity contribution in [3.63, 3.8) is 0 Å². The highest BCUT2D eigenvalue weighted by Crippen LogP contribution is 2.42. The molecule has 1 aromatic rings. The number of nitrogens with zero attached hydrogens (tertiary/aromatic N) is 1. The van der Waals surface area contributed by atoms with Gasteiger partial charge in [0.15, 0.2) is 0 Å². The van der Waals surface area contributed by atoms with Crippen molar-refractivity contribution in [2.24, 2.45) is 17.8 Å². The fourth-order valence-corrected chi connectivity index (χ4v) is 6.02. The van der Waals surface area contributed by atoms with Crippen LogP contribution in [0.3, 0.4) is 0 Å². The third-order valence-corrected chi connectivity index (χ3v) is 7.76. The summed E-state index contributed by atoms with van der Waals surface area (Å²) in [5, 5.41) is 5.60. The minimum absolute atomic E-state index is 0.0375. The fourth-order valence-electron chi connectivity index (χ4n) is 5.63. The number of alkyl carbamates (subject to hydrolysis) is 1. The maximum absolute atomic E-state index is 13.7. The topological polar surface area (TPSA) is 80.3 Å². The van der Waals surface area contributed by atoms with Crippen LogP contribution in [0.1, 0.15) is 97.0 Å². The highest BCUT2D eigenvalue weighted by Gasteiger charge is 2.41. The number of pyridine rings is 1. The van der Waals surface area contributed by atoms with Gasteiger partial charge in [-0.15, -0.1) is 0 Å². The summed E-state index contributed by atoms with van der Waals surface area (Å²) < 4.78 is 32.5. The number of alkyl halides is 2. The standard InChI is InChI=1S/C26H38BrF2N3O3/c1-26(2,3)35-25(34)32-22(24(33)31-20-14-18(23(28)29)19(27)15-30-20)21(16-10-6-4-7-11-16)17-12-8-5-9-13-17/h14-17,21-23H,4-13H2,1-3H3,(H,32,34)(H,30,31,33)/t22-/m0/s1. The van der Waals surface area contributed by atoms with Gasteiger partial charge >= 0.3 is 6.09 Å². The molecule has 0 aromatic carbocycles. The Morgan fingerprint density at radius 2 is 1.57 bits per heavy atom. The largest absolute Gasteiger partial charge is 0.444 e. The van der Waals surface area contributed by atoms with Crippen molar-refractivity contribution in [1.82, 2.24) is 10.3 Å². The van der Waals surface area contributed by atoms with Crippen LogP contribution in [0.25, 0.3) is 0 Å². The molecule has 1 heterocycles. The van der Waals surface area contributed by atoms with Crippen LogP contribution >= 0.6 is 15.9 Å². The maximum Gasteiger partial charge on any atom is 0.408 e. The molecule has 1 aromatic heterocycles. The van der Waals surface area contributed by atoms with Gasteiger partial charge in [-0.2, -0.15) is 0 Å². The van der Waals surface area contributed by atoms with E-state index < -0.39 is 30.1 Å². The summed E-state index contributed by atoms with van der Waals surface area (Å²) >= 11 is 3.09. The second kappa shape index (κ2) is 12.5. The molecular formula is C26H38BrF2N3O3. The summed E-state index contributed by atoms with van der Waals surface area (Å²) in [6, 6.07) is 0.337. The average molecular weight is 559 g/mol. The van der Waals surface area contributed by atoms with Crippen molar-refractivity contribution in [2.45, 2.75) is 103 Å². The van der Waals surface area contributed by atoms with Crippen LogP contribution < -0.4 is 10.6 Å². The van der Waals surface area contributed by atoms with E-state index in [9.17, 15) is 18.4 Å². The quantitative estimate of drug-likeness (QED) is 0.366. The smallest absolute Gasteiger partial charge is 0.408 e. The van der Waals surface area contributed by atoms with Gasteiger partial charge in [-0.25, -0.2) is 18.6 Å². The first-order valence-electron chi connectivity index (χ1n) is 12.8. The molecule has 35 heavy (non-hydrogen) atoms. The van der Waals surface area contributed by atoms with Crippen molar-refractivity contribution < 1.29 is 23.1 Å². The molecular weight excluding hydrogens is 520 g/mol. The fraction of sp³-hybridized carbons (Fsp3) is 0.731. The number of nitrogens with one attached hydrogen (secondary N) is 2. The first-order chi connectivity index (χ1) is 16.5. The van der Waals surface area contributed by atoms with Crippen LogP contribution in [0.2, 0.25) is 0 Å². The van der Waals surface area contributed by atoms with Crippen LogP contribution in [0, 0.1) is 17.8 Å². The number of hydrogen-bond donors (Lipinski definition) is 2. The molecule has 0 radical (unpaired) electrons. The number of carbonyl (C=O) groups excluding carboxylic acids is 2. The van der Waals surface area contributed by atoms with Crippen molar-refractivity contribution in [2.75, 3.05) is 5.32 Å². The second-order valence-corrected chi connectivity index (χ2v) is 11.7. The first kappa shape index (κ1) is 27.8. The SMILES string of the molecule is CC(C)(C)OC(=O)N[C@H](C(=O)Nc1cc(C(F)F)c(Br)cn1)C(C1CCCCC1)C1CCCCC1. The van der Waals surface area contributed by atoms with Crippen molar-refractivity contribution in [3.05, 3.63) is 22.3 Å². The van der Waals surface area contributed by atoms with Gasteiger partial charge in [0.05, 0.1) is 0 Å². The van der Waals surface area contributed by atoms with Gasteiger partial charge in [0, 0.05) is 16.2 Å². The number of hydrogen-bond acceptors (Lipinski definition) is 4. The van der Waals surface area contributed by atoms with Gasteiger partial charge < -0.3 is 15.4 Å². The highest BCUT2D eigenvalue weighted by molar-refractivity contribution is 9.10. The summed E-state index contributed by atoms with van der Waals surface area (Å²) in [7, 11) is 0. The lowest BCUT2D eigenvalue weighted by Crippen LogP contribution is -2.54.